The molecular formula is C15H16F6N2O. The molecule has 0 heterocycles. The van der Waals surface area contributed by atoms with Gasteiger partial charge in [0.05, 0.1) is 5.69 Å². The molecular weight excluding hydrogens is 338 g/mol. The summed E-state index contributed by atoms with van der Waals surface area (Å²) in [6.45, 7) is 0. The van der Waals surface area contributed by atoms with Crippen molar-refractivity contribution in [3.8, 4) is 0 Å². The Kier molecular flexibility index (Phi) is 5.00. The molecule has 0 radical (unpaired) electrons. The van der Waals surface area contributed by atoms with Crippen LogP contribution in [0.5, 0.6) is 0 Å². The molecule has 1 aromatic carbocycles. The normalized spacial score (nSPS) is 15.2. The number of rotatable bonds is 2. The van der Waals surface area contributed by atoms with Gasteiger partial charge in [0.2, 0.25) is 0 Å². The van der Waals surface area contributed by atoms with Crippen molar-refractivity contribution < 1.29 is 31.1 Å². The Labute approximate surface area is 134 Å². The van der Waals surface area contributed by atoms with E-state index in [2.05, 4.69) is 10.6 Å². The van der Waals surface area contributed by atoms with Gasteiger partial charge >= 0.3 is 18.4 Å². The van der Waals surface area contributed by atoms with Crippen molar-refractivity contribution in [2.75, 3.05) is 12.4 Å². The lowest BCUT2D eigenvalue weighted by Crippen LogP contribution is -2.36. The van der Waals surface area contributed by atoms with Gasteiger partial charge in [0.1, 0.15) is 0 Å². The molecule has 1 aliphatic carbocycles. The number of hydrogen-bond donors (Lipinski definition) is 2. The van der Waals surface area contributed by atoms with Crippen LogP contribution in [0.1, 0.15) is 35.4 Å². The van der Waals surface area contributed by atoms with Crippen LogP contribution < -0.4 is 10.6 Å². The zero-order chi connectivity index (χ0) is 18.1. The van der Waals surface area contributed by atoms with E-state index in [1.165, 1.54) is 13.1 Å². The fourth-order valence-electron chi connectivity index (χ4n) is 2.95. The van der Waals surface area contributed by atoms with Crippen molar-refractivity contribution in [1.29, 1.82) is 0 Å². The van der Waals surface area contributed by atoms with Gasteiger partial charge in [0.25, 0.3) is 0 Å². The van der Waals surface area contributed by atoms with Crippen LogP contribution in [-0.4, -0.2) is 25.4 Å². The number of nitrogens with one attached hydrogen (secondary N) is 2. The molecule has 2 amide bonds. The Morgan fingerprint density at radius 3 is 2.17 bits per heavy atom. The van der Waals surface area contributed by atoms with Gasteiger partial charge in [-0.25, -0.2) is 4.79 Å². The minimum atomic E-state index is -5.51. The van der Waals surface area contributed by atoms with Crippen LogP contribution in [0.2, 0.25) is 0 Å². The molecule has 1 aromatic rings. The summed E-state index contributed by atoms with van der Waals surface area (Å²) in [4.78, 5) is 11.6. The quantitative estimate of drug-likeness (QED) is 0.753. The Bertz CT molecular complexity index is 610. The lowest BCUT2D eigenvalue weighted by Gasteiger charge is -2.29. The van der Waals surface area contributed by atoms with Gasteiger partial charge in [-0.1, -0.05) is 12.1 Å². The fraction of sp³-hybridized carbons (Fsp3) is 0.533. The highest BCUT2D eigenvalue weighted by atomic mass is 19.4. The van der Waals surface area contributed by atoms with Gasteiger partial charge in [0.15, 0.2) is 5.92 Å². The van der Waals surface area contributed by atoms with Gasteiger partial charge in [-0.3, -0.25) is 0 Å². The van der Waals surface area contributed by atoms with Gasteiger partial charge in [-0.15, -0.1) is 0 Å². The van der Waals surface area contributed by atoms with E-state index >= 15 is 0 Å². The van der Waals surface area contributed by atoms with Crippen LogP contribution in [0.25, 0.3) is 0 Å². The zero-order valence-electron chi connectivity index (χ0n) is 12.7. The van der Waals surface area contributed by atoms with Gasteiger partial charge in [0, 0.05) is 7.05 Å². The highest BCUT2D eigenvalue weighted by Crippen LogP contribution is 2.49. The summed E-state index contributed by atoms with van der Waals surface area (Å²) in [5.74, 6) is -3.65. The topological polar surface area (TPSA) is 41.1 Å². The molecule has 0 saturated carbocycles. The molecule has 2 rings (SSSR count). The first-order valence-corrected chi connectivity index (χ1v) is 7.32. The summed E-state index contributed by atoms with van der Waals surface area (Å²) in [5, 5.41) is 4.31. The van der Waals surface area contributed by atoms with Crippen molar-refractivity contribution in [3.63, 3.8) is 0 Å². The summed E-state index contributed by atoms with van der Waals surface area (Å²) in [6.07, 6.45) is -8.71. The molecule has 0 unspecified atom stereocenters. The molecule has 0 saturated heterocycles. The van der Waals surface area contributed by atoms with E-state index in [9.17, 15) is 31.1 Å². The molecule has 2 N–H and O–H groups in total. The zero-order valence-corrected chi connectivity index (χ0v) is 12.7. The average molecular weight is 354 g/mol. The van der Waals surface area contributed by atoms with Crippen molar-refractivity contribution in [2.45, 2.75) is 44.0 Å². The standard InChI is InChI=1S/C15H16F6N2O/c1-22-13(24)23-11-9-5-3-2-4-8(9)6-7-10(11)12(14(16,17)18)15(19,20)21/h6-7,12H,2-5H2,1H3,(H2,22,23,24). The highest BCUT2D eigenvalue weighted by Gasteiger charge is 2.58. The van der Waals surface area contributed by atoms with Crippen LogP contribution in [0.4, 0.5) is 36.8 Å². The maximum atomic E-state index is 13.1. The van der Waals surface area contributed by atoms with Crippen LogP contribution in [-0.2, 0) is 12.8 Å². The van der Waals surface area contributed by atoms with E-state index in [1.807, 2.05) is 0 Å². The van der Waals surface area contributed by atoms with Crippen molar-refractivity contribution in [2.24, 2.45) is 0 Å². The smallest absolute Gasteiger partial charge is 0.341 e. The molecule has 0 aromatic heterocycles. The van der Waals surface area contributed by atoms with E-state index < -0.39 is 29.9 Å². The maximum Gasteiger partial charge on any atom is 0.404 e. The molecule has 0 aliphatic heterocycles. The number of fused-ring (bicyclic) bond motifs is 1. The number of carbonyl (C=O) groups is 1. The second-order valence-corrected chi connectivity index (χ2v) is 5.59. The largest absolute Gasteiger partial charge is 0.404 e. The fourth-order valence-corrected chi connectivity index (χ4v) is 2.95. The van der Waals surface area contributed by atoms with Crippen LogP contribution in [0.3, 0.4) is 0 Å². The number of hydrogen-bond acceptors (Lipinski definition) is 1. The SMILES string of the molecule is CNC(=O)Nc1c(C(C(F)(F)F)C(F)(F)F)ccc2c1CCCC2. The van der Waals surface area contributed by atoms with Gasteiger partial charge in [-0.2, -0.15) is 26.3 Å². The number of carbonyl (C=O) groups excluding carboxylic acids is 1. The molecule has 1 aliphatic rings. The van der Waals surface area contributed by atoms with Crippen LogP contribution in [0.15, 0.2) is 12.1 Å². The molecule has 0 atom stereocenters. The lowest BCUT2D eigenvalue weighted by molar-refractivity contribution is -0.253. The van der Waals surface area contributed by atoms with Crippen LogP contribution in [0, 0.1) is 0 Å². The molecule has 24 heavy (non-hydrogen) atoms. The second-order valence-electron chi connectivity index (χ2n) is 5.59. The van der Waals surface area contributed by atoms with E-state index in [-0.39, 0.29) is 5.69 Å². The number of urea groups is 1. The Hall–Kier alpha value is -1.93. The number of alkyl halides is 6. The average Bonchev–Trinajstić information content (AvgIpc) is 2.46. The molecule has 3 nitrogen and oxygen atoms in total. The number of anilines is 1. The van der Waals surface area contributed by atoms with Crippen molar-refractivity contribution in [3.05, 3.63) is 28.8 Å². The minimum Gasteiger partial charge on any atom is -0.341 e. The van der Waals surface area contributed by atoms with Crippen molar-refractivity contribution >= 4 is 11.7 Å². The van der Waals surface area contributed by atoms with E-state index in [0.717, 1.165) is 12.5 Å². The predicted molar refractivity (Wildman–Crippen MR) is 76.0 cm³/mol. The summed E-state index contributed by atoms with van der Waals surface area (Å²) in [5.41, 5.74) is -0.342. The van der Waals surface area contributed by atoms with Gasteiger partial charge in [-0.05, 0) is 42.4 Å². The lowest BCUT2D eigenvalue weighted by atomic mass is 9.85. The van der Waals surface area contributed by atoms with E-state index in [0.29, 0.717) is 30.4 Å². The number of aryl methyl sites for hydroxylation is 1. The third kappa shape index (κ3) is 3.76. The first-order chi connectivity index (χ1) is 11.1. The second kappa shape index (κ2) is 6.52. The number of benzene rings is 1. The number of halogens is 6. The summed E-state index contributed by atoms with van der Waals surface area (Å²) < 4.78 is 78.5. The molecule has 0 bridgehead atoms. The van der Waals surface area contributed by atoms with Crippen molar-refractivity contribution in [1.82, 2.24) is 5.32 Å². The van der Waals surface area contributed by atoms with E-state index in [4.69, 9.17) is 0 Å². The predicted octanol–water partition coefficient (Wildman–Crippen LogP) is 4.52. The summed E-state index contributed by atoms with van der Waals surface area (Å²) in [6, 6.07) is 1.25. The first kappa shape index (κ1) is 18.4. The van der Waals surface area contributed by atoms with Gasteiger partial charge < -0.3 is 10.6 Å². The molecule has 0 fully saturated rings. The first-order valence-electron chi connectivity index (χ1n) is 7.32. The van der Waals surface area contributed by atoms with E-state index in [1.54, 1.807) is 0 Å². The maximum absolute atomic E-state index is 13.1. The summed E-state index contributed by atoms with van der Waals surface area (Å²) in [7, 11) is 1.23. The Morgan fingerprint density at radius 1 is 1.04 bits per heavy atom. The molecule has 134 valence electrons. The minimum absolute atomic E-state index is 0.324. The Morgan fingerprint density at radius 2 is 1.62 bits per heavy atom. The number of amides is 2. The third-order valence-corrected chi connectivity index (χ3v) is 4.00. The third-order valence-electron chi connectivity index (χ3n) is 4.00. The molecule has 0 spiro atoms. The highest BCUT2D eigenvalue weighted by molar-refractivity contribution is 5.91. The Balaban J connectivity index is 2.65. The molecule has 9 heteroatoms. The summed E-state index contributed by atoms with van der Waals surface area (Å²) >= 11 is 0. The monoisotopic (exact) mass is 354 g/mol. The van der Waals surface area contributed by atoms with Crippen LogP contribution >= 0.6 is 0 Å².